The maximum atomic E-state index is 12.3. The van der Waals surface area contributed by atoms with E-state index in [4.69, 9.17) is 4.74 Å². The number of ketones is 1. The van der Waals surface area contributed by atoms with E-state index in [1.165, 1.54) is 12.5 Å². The largest absolute Gasteiger partial charge is 0.465 e. The third-order valence-electron chi connectivity index (χ3n) is 4.99. The van der Waals surface area contributed by atoms with Crippen molar-refractivity contribution in [2.24, 2.45) is 17.3 Å². The van der Waals surface area contributed by atoms with Gasteiger partial charge in [-0.1, -0.05) is 25.2 Å². The van der Waals surface area contributed by atoms with Gasteiger partial charge in [0.15, 0.2) is 5.78 Å². The van der Waals surface area contributed by atoms with Crippen molar-refractivity contribution in [3.8, 4) is 0 Å². The van der Waals surface area contributed by atoms with E-state index in [0.29, 0.717) is 24.5 Å². The lowest BCUT2D eigenvalue weighted by Crippen LogP contribution is -2.50. The average molecular weight is 292 g/mol. The number of esters is 1. The van der Waals surface area contributed by atoms with Gasteiger partial charge in [-0.15, -0.1) is 0 Å². The number of fused-ring (bicyclic) bond motifs is 1. The molecule has 0 amide bonds. The van der Waals surface area contributed by atoms with E-state index in [2.05, 4.69) is 13.5 Å². The van der Waals surface area contributed by atoms with Crippen LogP contribution in [-0.2, 0) is 14.3 Å². The van der Waals surface area contributed by atoms with Gasteiger partial charge < -0.3 is 9.84 Å². The van der Waals surface area contributed by atoms with Gasteiger partial charge in [-0.25, -0.2) is 0 Å². The van der Waals surface area contributed by atoms with Crippen LogP contribution in [0.4, 0.5) is 0 Å². The Morgan fingerprint density at radius 2 is 2.29 bits per heavy atom. The Morgan fingerprint density at radius 3 is 2.90 bits per heavy atom. The molecule has 2 aliphatic rings. The second-order valence-electron chi connectivity index (χ2n) is 6.56. The van der Waals surface area contributed by atoms with E-state index in [1.54, 1.807) is 0 Å². The molecule has 0 aromatic rings. The second kappa shape index (κ2) is 6.14. The zero-order chi connectivity index (χ0) is 15.6. The third kappa shape index (κ3) is 3.26. The van der Waals surface area contributed by atoms with Gasteiger partial charge in [0.05, 0.1) is 13.2 Å². The molecule has 4 heteroatoms. The maximum absolute atomic E-state index is 12.3. The molecule has 3 atom stereocenters. The van der Waals surface area contributed by atoms with Gasteiger partial charge in [-0.2, -0.15) is 0 Å². The van der Waals surface area contributed by atoms with Crippen LogP contribution in [0.25, 0.3) is 0 Å². The number of aliphatic hydroxyl groups is 1. The molecule has 0 saturated heterocycles. The molecule has 0 bridgehead atoms. The second-order valence-corrected chi connectivity index (χ2v) is 6.56. The summed E-state index contributed by atoms with van der Waals surface area (Å²) in [6.45, 7) is 7.78. The van der Waals surface area contributed by atoms with Crippen LogP contribution in [-0.4, -0.2) is 30.1 Å². The molecule has 116 valence electrons. The van der Waals surface area contributed by atoms with E-state index >= 15 is 0 Å². The first-order valence-electron chi connectivity index (χ1n) is 7.51. The quantitative estimate of drug-likeness (QED) is 0.641. The first-order valence-corrected chi connectivity index (χ1v) is 7.51. The molecule has 0 aromatic carbocycles. The molecule has 0 radical (unpaired) electrons. The fourth-order valence-corrected chi connectivity index (χ4v) is 3.59. The minimum absolute atomic E-state index is 0.0101. The first kappa shape index (κ1) is 16.0. The first-order chi connectivity index (χ1) is 9.87. The summed E-state index contributed by atoms with van der Waals surface area (Å²) in [6, 6.07) is 0. The van der Waals surface area contributed by atoms with Crippen molar-refractivity contribution >= 4 is 11.8 Å². The molecule has 2 rings (SSSR count). The highest BCUT2D eigenvalue weighted by Gasteiger charge is 2.52. The van der Waals surface area contributed by atoms with Crippen LogP contribution >= 0.6 is 0 Å². The standard InChI is InChI=1S/C17H24O4/c1-11-5-4-6-13(9-18)16(20)7-15-14(11)8-17(15,3)10-21-12(2)19/h6,14-15,18H,1,4-5,7-10H2,2-3H3/b13-6-/t14-,15-,17-/m1/s1. The SMILES string of the molecule is C=C1CC/C=C(/CO)C(=O)C[C@@H]2[C@@H]1C[C@]2(C)COC(C)=O. The van der Waals surface area contributed by atoms with Crippen LogP contribution < -0.4 is 0 Å². The van der Waals surface area contributed by atoms with Crippen molar-refractivity contribution in [3.05, 3.63) is 23.8 Å². The van der Waals surface area contributed by atoms with Crippen LogP contribution in [0.1, 0.15) is 39.5 Å². The summed E-state index contributed by atoms with van der Waals surface area (Å²) >= 11 is 0. The number of rotatable bonds is 3. The minimum Gasteiger partial charge on any atom is -0.465 e. The molecule has 1 fully saturated rings. The van der Waals surface area contributed by atoms with Crippen LogP contribution in [0.5, 0.6) is 0 Å². The molecule has 2 aliphatic carbocycles. The van der Waals surface area contributed by atoms with Gasteiger partial charge in [-0.05, 0) is 31.1 Å². The molecule has 4 nitrogen and oxygen atoms in total. The lowest BCUT2D eigenvalue weighted by atomic mass is 9.51. The molecule has 0 heterocycles. The third-order valence-corrected chi connectivity index (χ3v) is 4.99. The topological polar surface area (TPSA) is 63.6 Å². The molecule has 1 saturated carbocycles. The van der Waals surface area contributed by atoms with E-state index in [1.807, 2.05) is 6.08 Å². The lowest BCUT2D eigenvalue weighted by Gasteiger charge is -2.53. The lowest BCUT2D eigenvalue weighted by molar-refractivity contribution is -0.153. The molecule has 21 heavy (non-hydrogen) atoms. The Bertz CT molecular complexity index is 491. The fourth-order valence-electron chi connectivity index (χ4n) is 3.59. The number of aliphatic hydroxyl groups excluding tert-OH is 1. The summed E-state index contributed by atoms with van der Waals surface area (Å²) in [5, 5.41) is 9.33. The molecular weight excluding hydrogens is 268 g/mol. The summed E-state index contributed by atoms with van der Waals surface area (Å²) in [7, 11) is 0. The zero-order valence-electron chi connectivity index (χ0n) is 12.9. The average Bonchev–Trinajstić information content (AvgIpc) is 2.47. The number of hydrogen-bond acceptors (Lipinski definition) is 4. The van der Waals surface area contributed by atoms with Crippen molar-refractivity contribution in [1.29, 1.82) is 0 Å². The summed E-state index contributed by atoms with van der Waals surface area (Å²) in [5.41, 5.74) is 1.51. The van der Waals surface area contributed by atoms with Crippen LogP contribution in [0.15, 0.2) is 23.8 Å². The van der Waals surface area contributed by atoms with Gasteiger partial charge in [0.1, 0.15) is 0 Å². The van der Waals surface area contributed by atoms with Gasteiger partial charge in [0, 0.05) is 24.3 Å². The predicted molar refractivity (Wildman–Crippen MR) is 79.5 cm³/mol. The summed E-state index contributed by atoms with van der Waals surface area (Å²) in [4.78, 5) is 23.4. The molecule has 0 unspecified atom stereocenters. The molecule has 1 N–H and O–H groups in total. The van der Waals surface area contributed by atoms with E-state index in [-0.39, 0.29) is 29.7 Å². The van der Waals surface area contributed by atoms with Gasteiger partial charge in [0.25, 0.3) is 0 Å². The predicted octanol–water partition coefficient (Wildman–Crippen LogP) is 2.42. The Hall–Kier alpha value is -1.42. The normalized spacial score (nSPS) is 35.5. The zero-order valence-corrected chi connectivity index (χ0v) is 12.9. The number of Topliss-reactive ketones (excluding diaryl/α,β-unsaturated/α-hetero) is 1. The van der Waals surface area contributed by atoms with Crippen molar-refractivity contribution in [1.82, 2.24) is 0 Å². The number of allylic oxidation sites excluding steroid dienone is 2. The molecule has 0 spiro atoms. The van der Waals surface area contributed by atoms with Gasteiger partial charge in [0.2, 0.25) is 0 Å². The molecular formula is C17H24O4. The van der Waals surface area contributed by atoms with Crippen molar-refractivity contribution < 1.29 is 19.4 Å². The monoisotopic (exact) mass is 292 g/mol. The highest BCUT2D eigenvalue weighted by molar-refractivity contribution is 5.95. The highest BCUT2D eigenvalue weighted by atomic mass is 16.5. The van der Waals surface area contributed by atoms with Crippen LogP contribution in [0.3, 0.4) is 0 Å². The molecule has 0 aliphatic heterocycles. The number of ether oxygens (including phenoxy) is 1. The number of hydrogen-bond donors (Lipinski definition) is 1. The van der Waals surface area contributed by atoms with Crippen molar-refractivity contribution in [2.45, 2.75) is 39.5 Å². The van der Waals surface area contributed by atoms with Gasteiger partial charge >= 0.3 is 5.97 Å². The number of carbonyl (C=O) groups excluding carboxylic acids is 2. The summed E-state index contributed by atoms with van der Waals surface area (Å²) in [6.07, 6.45) is 4.74. The van der Waals surface area contributed by atoms with Crippen molar-refractivity contribution in [3.63, 3.8) is 0 Å². The van der Waals surface area contributed by atoms with E-state index in [0.717, 1.165) is 19.3 Å². The van der Waals surface area contributed by atoms with Gasteiger partial charge in [-0.3, -0.25) is 9.59 Å². The Labute approximate surface area is 125 Å². The number of carbonyl (C=O) groups is 2. The Morgan fingerprint density at radius 1 is 1.57 bits per heavy atom. The van der Waals surface area contributed by atoms with Crippen molar-refractivity contribution in [2.75, 3.05) is 13.2 Å². The smallest absolute Gasteiger partial charge is 0.302 e. The highest BCUT2D eigenvalue weighted by Crippen LogP contribution is 2.56. The van der Waals surface area contributed by atoms with E-state index in [9.17, 15) is 14.7 Å². The minimum atomic E-state index is -0.288. The fraction of sp³-hybridized carbons (Fsp3) is 0.647. The van der Waals surface area contributed by atoms with Crippen LogP contribution in [0, 0.1) is 17.3 Å². The summed E-state index contributed by atoms with van der Waals surface area (Å²) in [5.74, 6) is 0.186. The van der Waals surface area contributed by atoms with Crippen LogP contribution in [0.2, 0.25) is 0 Å². The molecule has 0 aromatic heterocycles. The Kier molecular flexibility index (Phi) is 4.67. The Balaban J connectivity index is 2.16. The van der Waals surface area contributed by atoms with E-state index < -0.39 is 0 Å². The summed E-state index contributed by atoms with van der Waals surface area (Å²) < 4.78 is 5.18. The maximum Gasteiger partial charge on any atom is 0.302 e.